The molecule has 0 saturated heterocycles. The maximum Gasteiger partial charge on any atom is 0.00672 e. The van der Waals surface area contributed by atoms with Crippen molar-refractivity contribution in [3.8, 4) is 0 Å². The van der Waals surface area contributed by atoms with E-state index in [2.05, 4.69) is 32.0 Å². The quantitative estimate of drug-likeness (QED) is 0.804. The molecule has 1 aromatic carbocycles. The van der Waals surface area contributed by atoms with Gasteiger partial charge in [0.05, 0.1) is 0 Å². The van der Waals surface area contributed by atoms with E-state index in [4.69, 9.17) is 5.73 Å². The molecule has 0 bridgehead atoms. The van der Waals surface area contributed by atoms with Crippen LogP contribution in [0.1, 0.15) is 42.4 Å². The highest BCUT2D eigenvalue weighted by molar-refractivity contribution is 5.28. The van der Waals surface area contributed by atoms with Crippen molar-refractivity contribution in [2.45, 2.75) is 52.0 Å². The summed E-state index contributed by atoms with van der Waals surface area (Å²) < 4.78 is 0. The lowest BCUT2D eigenvalue weighted by Gasteiger charge is -2.10. The summed E-state index contributed by atoms with van der Waals surface area (Å²) in [5.74, 6) is 0.847. The highest BCUT2D eigenvalue weighted by Crippen LogP contribution is 2.33. The van der Waals surface area contributed by atoms with Crippen molar-refractivity contribution in [3.05, 3.63) is 34.9 Å². The summed E-state index contributed by atoms with van der Waals surface area (Å²) >= 11 is 0. The van der Waals surface area contributed by atoms with Crippen LogP contribution in [-0.4, -0.2) is 6.04 Å². The summed E-state index contributed by atoms with van der Waals surface area (Å²) in [6, 6.07) is 7.30. The second-order valence-corrected chi connectivity index (χ2v) is 5.39. The Hall–Kier alpha value is -0.820. The molecule has 1 saturated carbocycles. The fraction of sp³-hybridized carbons (Fsp3) is 0.600. The first-order valence-electron chi connectivity index (χ1n) is 6.48. The summed E-state index contributed by atoms with van der Waals surface area (Å²) in [4.78, 5) is 0. The van der Waals surface area contributed by atoms with E-state index in [1.54, 1.807) is 0 Å². The minimum absolute atomic E-state index is 0.464. The zero-order valence-electron chi connectivity index (χ0n) is 10.5. The molecule has 1 atom stereocenters. The first-order valence-corrected chi connectivity index (χ1v) is 6.48. The third-order valence-electron chi connectivity index (χ3n) is 3.51. The Morgan fingerprint density at radius 1 is 1.19 bits per heavy atom. The van der Waals surface area contributed by atoms with Crippen molar-refractivity contribution in [2.75, 3.05) is 0 Å². The third kappa shape index (κ3) is 3.34. The van der Waals surface area contributed by atoms with Crippen molar-refractivity contribution in [2.24, 2.45) is 11.7 Å². The Labute approximate surface area is 99.0 Å². The lowest BCUT2D eigenvalue weighted by atomic mass is 10.00. The van der Waals surface area contributed by atoms with Gasteiger partial charge < -0.3 is 5.73 Å². The predicted octanol–water partition coefficient (Wildman–Crippen LogP) is 3.36. The Morgan fingerprint density at radius 3 is 2.38 bits per heavy atom. The molecule has 0 aliphatic heterocycles. The summed E-state index contributed by atoms with van der Waals surface area (Å²) in [7, 11) is 0. The van der Waals surface area contributed by atoms with Crippen molar-refractivity contribution in [3.63, 3.8) is 0 Å². The molecule has 0 amide bonds. The Kier molecular flexibility index (Phi) is 3.65. The van der Waals surface area contributed by atoms with Gasteiger partial charge in [0.2, 0.25) is 0 Å². The normalized spacial score (nSPS) is 17.4. The van der Waals surface area contributed by atoms with Crippen LogP contribution in [0.4, 0.5) is 0 Å². The number of hydrogen-bond donors (Lipinski definition) is 1. The molecule has 2 rings (SSSR count). The summed E-state index contributed by atoms with van der Waals surface area (Å²) in [5, 5.41) is 0. The molecule has 1 unspecified atom stereocenters. The molecule has 0 heterocycles. The Bertz CT molecular complexity index is 332. The van der Waals surface area contributed by atoms with Crippen LogP contribution in [0.2, 0.25) is 0 Å². The molecule has 1 aliphatic carbocycles. The second-order valence-electron chi connectivity index (χ2n) is 5.39. The smallest absolute Gasteiger partial charge is 0.00672 e. The number of aryl methyl sites for hydroxylation is 3. The molecule has 16 heavy (non-hydrogen) atoms. The molecule has 1 fully saturated rings. The maximum atomic E-state index is 6.10. The molecule has 2 N–H and O–H groups in total. The van der Waals surface area contributed by atoms with E-state index in [-0.39, 0.29) is 0 Å². The molecule has 88 valence electrons. The number of benzene rings is 1. The lowest BCUT2D eigenvalue weighted by molar-refractivity contribution is 0.528. The third-order valence-corrected chi connectivity index (χ3v) is 3.51. The average molecular weight is 217 g/mol. The number of hydrogen-bond acceptors (Lipinski definition) is 1. The number of rotatable bonds is 5. The van der Waals surface area contributed by atoms with Gasteiger partial charge in [-0.2, -0.15) is 0 Å². The standard InChI is InChI=1S/C15H23N/c1-11-8-12(2)10-13(9-11)4-3-5-15(16)14-6-7-14/h8-10,14-15H,3-7,16H2,1-2H3. The summed E-state index contributed by atoms with van der Waals surface area (Å²) in [6.45, 7) is 4.35. The van der Waals surface area contributed by atoms with Gasteiger partial charge in [-0.1, -0.05) is 29.3 Å². The molecule has 0 aromatic heterocycles. The van der Waals surface area contributed by atoms with E-state index in [1.165, 1.54) is 48.8 Å². The van der Waals surface area contributed by atoms with E-state index < -0.39 is 0 Å². The largest absolute Gasteiger partial charge is 0.327 e. The highest BCUT2D eigenvalue weighted by atomic mass is 14.7. The van der Waals surface area contributed by atoms with E-state index >= 15 is 0 Å². The Balaban J connectivity index is 1.79. The molecule has 1 aliphatic rings. The van der Waals surface area contributed by atoms with Crippen LogP contribution in [-0.2, 0) is 6.42 Å². The average Bonchev–Trinajstić information content (AvgIpc) is 2.98. The lowest BCUT2D eigenvalue weighted by Crippen LogP contribution is -2.22. The number of nitrogens with two attached hydrogens (primary N) is 1. The van der Waals surface area contributed by atoms with Crippen LogP contribution in [0.3, 0.4) is 0 Å². The second kappa shape index (κ2) is 5.01. The molecule has 0 radical (unpaired) electrons. The first-order chi connectivity index (χ1) is 7.65. The highest BCUT2D eigenvalue weighted by Gasteiger charge is 2.27. The van der Waals surface area contributed by atoms with Gasteiger partial charge in [-0.3, -0.25) is 0 Å². The first kappa shape index (κ1) is 11.7. The molecular weight excluding hydrogens is 194 g/mol. The SMILES string of the molecule is Cc1cc(C)cc(CCCC(N)C2CC2)c1. The van der Waals surface area contributed by atoms with Gasteiger partial charge in [-0.05, 0) is 57.4 Å². The topological polar surface area (TPSA) is 26.0 Å². The van der Waals surface area contributed by atoms with Gasteiger partial charge in [0, 0.05) is 6.04 Å². The molecule has 0 spiro atoms. The zero-order chi connectivity index (χ0) is 11.5. The van der Waals surface area contributed by atoms with Gasteiger partial charge >= 0.3 is 0 Å². The molecular formula is C15H23N. The van der Waals surface area contributed by atoms with Crippen LogP contribution in [0, 0.1) is 19.8 Å². The van der Waals surface area contributed by atoms with Crippen LogP contribution >= 0.6 is 0 Å². The zero-order valence-corrected chi connectivity index (χ0v) is 10.5. The van der Waals surface area contributed by atoms with Crippen LogP contribution in [0.15, 0.2) is 18.2 Å². The van der Waals surface area contributed by atoms with Crippen LogP contribution in [0.5, 0.6) is 0 Å². The van der Waals surface area contributed by atoms with E-state index in [9.17, 15) is 0 Å². The summed E-state index contributed by atoms with van der Waals surface area (Å²) in [6.07, 6.45) is 6.34. The van der Waals surface area contributed by atoms with Gasteiger partial charge in [0.1, 0.15) is 0 Å². The van der Waals surface area contributed by atoms with Crippen LogP contribution in [0.25, 0.3) is 0 Å². The monoisotopic (exact) mass is 217 g/mol. The van der Waals surface area contributed by atoms with Gasteiger partial charge in [-0.15, -0.1) is 0 Å². The van der Waals surface area contributed by atoms with E-state index in [1.807, 2.05) is 0 Å². The van der Waals surface area contributed by atoms with Crippen LogP contribution < -0.4 is 5.73 Å². The molecule has 1 nitrogen and oxygen atoms in total. The van der Waals surface area contributed by atoms with E-state index in [0.717, 1.165) is 5.92 Å². The fourth-order valence-electron chi connectivity index (χ4n) is 2.52. The summed E-state index contributed by atoms with van der Waals surface area (Å²) in [5.41, 5.74) is 10.3. The predicted molar refractivity (Wildman–Crippen MR) is 69.6 cm³/mol. The van der Waals surface area contributed by atoms with Gasteiger partial charge in [-0.25, -0.2) is 0 Å². The molecule has 1 heteroatoms. The van der Waals surface area contributed by atoms with Gasteiger partial charge in [0.25, 0.3) is 0 Å². The minimum Gasteiger partial charge on any atom is -0.327 e. The maximum absolute atomic E-state index is 6.10. The Morgan fingerprint density at radius 2 is 1.81 bits per heavy atom. The van der Waals surface area contributed by atoms with Gasteiger partial charge in [0.15, 0.2) is 0 Å². The van der Waals surface area contributed by atoms with Crippen molar-refractivity contribution >= 4 is 0 Å². The van der Waals surface area contributed by atoms with Crippen molar-refractivity contribution in [1.82, 2.24) is 0 Å². The van der Waals surface area contributed by atoms with E-state index in [0.29, 0.717) is 6.04 Å². The van der Waals surface area contributed by atoms with Crippen molar-refractivity contribution in [1.29, 1.82) is 0 Å². The van der Waals surface area contributed by atoms with Crippen molar-refractivity contribution < 1.29 is 0 Å². The fourth-order valence-corrected chi connectivity index (χ4v) is 2.52. The minimum atomic E-state index is 0.464. The molecule has 1 aromatic rings.